The van der Waals surface area contributed by atoms with Crippen LogP contribution in [0.25, 0.3) is 0 Å². The molecule has 17 heavy (non-hydrogen) atoms. The molecule has 1 heterocycles. The molecule has 0 radical (unpaired) electrons. The second-order valence-corrected chi connectivity index (χ2v) is 4.00. The van der Waals surface area contributed by atoms with E-state index >= 15 is 0 Å². The summed E-state index contributed by atoms with van der Waals surface area (Å²) in [4.78, 5) is 25.6. The lowest BCUT2D eigenvalue weighted by molar-refractivity contribution is -0.119. The number of amides is 1. The van der Waals surface area contributed by atoms with Crippen LogP contribution in [0.4, 0.5) is 5.69 Å². The van der Waals surface area contributed by atoms with E-state index in [-0.39, 0.29) is 11.6 Å². The number of rotatable bonds is 5. The van der Waals surface area contributed by atoms with Crippen molar-refractivity contribution in [2.45, 2.75) is 19.9 Å². The van der Waals surface area contributed by atoms with E-state index in [0.717, 1.165) is 0 Å². The minimum absolute atomic E-state index is 0.00828. The third-order valence-electron chi connectivity index (χ3n) is 2.27. The Balaban J connectivity index is 2.90. The first-order valence-electron chi connectivity index (χ1n) is 5.17. The van der Waals surface area contributed by atoms with E-state index in [9.17, 15) is 9.59 Å². The highest BCUT2D eigenvalue weighted by Crippen LogP contribution is 2.13. The van der Waals surface area contributed by atoms with E-state index in [2.05, 4.69) is 10.3 Å². The predicted octanol–water partition coefficient (Wildman–Crippen LogP) is 0.702. The molecule has 6 nitrogen and oxygen atoms in total. The average Bonchev–Trinajstić information content (AvgIpc) is 2.25. The molecule has 0 aliphatic rings. The second kappa shape index (κ2) is 5.29. The smallest absolute Gasteiger partial charge is 0.354 e. The summed E-state index contributed by atoms with van der Waals surface area (Å²) in [5.74, 6) is -1.59. The number of carbonyl (C=O) groups excluding carboxylic acids is 1. The highest BCUT2D eigenvalue weighted by Gasteiger charge is 2.19. The van der Waals surface area contributed by atoms with Gasteiger partial charge in [-0.3, -0.25) is 4.79 Å². The van der Waals surface area contributed by atoms with Gasteiger partial charge in [-0.15, -0.1) is 0 Å². The summed E-state index contributed by atoms with van der Waals surface area (Å²) in [5, 5.41) is 11.7. The summed E-state index contributed by atoms with van der Waals surface area (Å²) >= 11 is 0. The van der Waals surface area contributed by atoms with Crippen molar-refractivity contribution in [3.63, 3.8) is 0 Å². The lowest BCUT2D eigenvalue weighted by atomic mass is 10.0. The van der Waals surface area contributed by atoms with E-state index in [0.29, 0.717) is 5.69 Å². The van der Waals surface area contributed by atoms with Crippen LogP contribution in [0.5, 0.6) is 0 Å². The van der Waals surface area contributed by atoms with Crippen LogP contribution in [-0.4, -0.2) is 28.0 Å². The van der Waals surface area contributed by atoms with Gasteiger partial charge in [-0.2, -0.15) is 0 Å². The summed E-state index contributed by atoms with van der Waals surface area (Å²) in [6.45, 7) is 3.70. The van der Waals surface area contributed by atoms with Crippen molar-refractivity contribution >= 4 is 17.6 Å². The number of aromatic carboxylic acids is 1. The van der Waals surface area contributed by atoms with Crippen LogP contribution >= 0.6 is 0 Å². The second-order valence-electron chi connectivity index (χ2n) is 4.00. The van der Waals surface area contributed by atoms with Gasteiger partial charge in [-0.05, 0) is 18.1 Å². The highest BCUT2D eigenvalue weighted by atomic mass is 16.4. The van der Waals surface area contributed by atoms with Crippen LogP contribution < -0.4 is 11.1 Å². The summed E-state index contributed by atoms with van der Waals surface area (Å²) in [6.07, 6.45) is 1.37. The highest BCUT2D eigenvalue weighted by molar-refractivity contribution is 5.87. The number of hydrogen-bond acceptors (Lipinski definition) is 4. The van der Waals surface area contributed by atoms with Crippen LogP contribution in [-0.2, 0) is 4.79 Å². The zero-order valence-electron chi connectivity index (χ0n) is 9.68. The number of aromatic nitrogens is 1. The van der Waals surface area contributed by atoms with Crippen LogP contribution in [0.1, 0.15) is 24.3 Å². The quantitative estimate of drug-likeness (QED) is 0.699. The Hall–Kier alpha value is -2.11. The van der Waals surface area contributed by atoms with Crippen LogP contribution in [0, 0.1) is 5.92 Å². The molecule has 0 bridgehead atoms. The molecular formula is C11H15N3O3. The van der Waals surface area contributed by atoms with Gasteiger partial charge in [0.05, 0.1) is 0 Å². The summed E-state index contributed by atoms with van der Waals surface area (Å²) in [5.41, 5.74) is 5.68. The molecule has 0 saturated heterocycles. The van der Waals surface area contributed by atoms with Crippen molar-refractivity contribution in [2.24, 2.45) is 11.7 Å². The normalized spacial score (nSPS) is 12.2. The Morgan fingerprint density at radius 3 is 2.59 bits per heavy atom. The van der Waals surface area contributed by atoms with Crippen molar-refractivity contribution in [3.05, 3.63) is 24.0 Å². The molecule has 0 saturated carbocycles. The molecule has 0 fully saturated rings. The van der Waals surface area contributed by atoms with E-state index < -0.39 is 17.9 Å². The molecule has 0 aliphatic heterocycles. The van der Waals surface area contributed by atoms with Crippen LogP contribution in [0.3, 0.4) is 0 Å². The molecule has 1 aromatic heterocycles. The lowest BCUT2D eigenvalue weighted by Crippen LogP contribution is -2.39. The van der Waals surface area contributed by atoms with Gasteiger partial charge < -0.3 is 16.2 Å². The number of pyridine rings is 1. The number of carbonyl (C=O) groups is 2. The minimum atomic E-state index is -1.12. The standard InChI is InChI=1S/C11H15N3O3/c1-6(2)9(10(12)15)14-7-3-4-13-8(5-7)11(16)17/h3-6,9H,1-2H3,(H2,12,15)(H,13,14)(H,16,17). The van der Waals surface area contributed by atoms with Gasteiger partial charge in [0.25, 0.3) is 0 Å². The maximum absolute atomic E-state index is 11.2. The van der Waals surface area contributed by atoms with Crippen molar-refractivity contribution in [2.75, 3.05) is 5.32 Å². The van der Waals surface area contributed by atoms with Crippen LogP contribution in [0.15, 0.2) is 18.3 Å². The fourth-order valence-corrected chi connectivity index (χ4v) is 1.38. The van der Waals surface area contributed by atoms with E-state index in [1.165, 1.54) is 12.3 Å². The fraction of sp³-hybridized carbons (Fsp3) is 0.364. The third kappa shape index (κ3) is 3.44. The van der Waals surface area contributed by atoms with Gasteiger partial charge >= 0.3 is 5.97 Å². The molecule has 1 amide bonds. The average molecular weight is 237 g/mol. The van der Waals surface area contributed by atoms with E-state index in [1.807, 2.05) is 13.8 Å². The zero-order valence-corrected chi connectivity index (χ0v) is 9.68. The number of hydrogen-bond donors (Lipinski definition) is 3. The van der Waals surface area contributed by atoms with Crippen molar-refractivity contribution < 1.29 is 14.7 Å². The van der Waals surface area contributed by atoms with Gasteiger partial charge in [0.2, 0.25) is 5.91 Å². The monoisotopic (exact) mass is 237 g/mol. The number of carboxylic acids is 1. The van der Waals surface area contributed by atoms with Gasteiger partial charge in [0.1, 0.15) is 11.7 Å². The fourth-order valence-electron chi connectivity index (χ4n) is 1.38. The first kappa shape index (κ1) is 13.0. The summed E-state index contributed by atoms with van der Waals surface area (Å²) in [7, 11) is 0. The molecular weight excluding hydrogens is 222 g/mol. The third-order valence-corrected chi connectivity index (χ3v) is 2.27. The predicted molar refractivity (Wildman–Crippen MR) is 62.6 cm³/mol. The topological polar surface area (TPSA) is 105 Å². The van der Waals surface area contributed by atoms with Crippen molar-refractivity contribution in [1.29, 1.82) is 0 Å². The number of carboxylic acid groups (broad SMARTS) is 1. The molecule has 1 aromatic rings. The Labute approximate surface area is 98.8 Å². The van der Waals surface area contributed by atoms with Gasteiger partial charge in [0, 0.05) is 11.9 Å². The Bertz CT molecular complexity index is 432. The van der Waals surface area contributed by atoms with Gasteiger partial charge in [-0.25, -0.2) is 9.78 Å². The number of nitrogens with two attached hydrogens (primary N) is 1. The zero-order chi connectivity index (χ0) is 13.0. The molecule has 0 aliphatic carbocycles. The molecule has 0 aromatic carbocycles. The first-order valence-corrected chi connectivity index (χ1v) is 5.17. The van der Waals surface area contributed by atoms with Crippen molar-refractivity contribution in [3.8, 4) is 0 Å². The van der Waals surface area contributed by atoms with E-state index in [1.54, 1.807) is 6.07 Å². The molecule has 0 spiro atoms. The minimum Gasteiger partial charge on any atom is -0.477 e. The largest absolute Gasteiger partial charge is 0.477 e. The molecule has 4 N–H and O–H groups in total. The van der Waals surface area contributed by atoms with E-state index in [4.69, 9.17) is 10.8 Å². The molecule has 1 atom stereocenters. The number of nitrogens with zero attached hydrogens (tertiary/aromatic N) is 1. The number of anilines is 1. The molecule has 6 heteroatoms. The van der Waals surface area contributed by atoms with Crippen LogP contribution in [0.2, 0.25) is 0 Å². The van der Waals surface area contributed by atoms with Crippen molar-refractivity contribution in [1.82, 2.24) is 4.98 Å². The first-order chi connectivity index (χ1) is 7.91. The van der Waals surface area contributed by atoms with Gasteiger partial charge in [0.15, 0.2) is 0 Å². The summed E-state index contributed by atoms with van der Waals surface area (Å²) in [6, 6.07) is 2.41. The maximum Gasteiger partial charge on any atom is 0.354 e. The Morgan fingerprint density at radius 1 is 1.47 bits per heavy atom. The number of primary amides is 1. The molecule has 1 unspecified atom stereocenters. The number of nitrogens with one attached hydrogen (secondary N) is 1. The molecule has 92 valence electrons. The lowest BCUT2D eigenvalue weighted by Gasteiger charge is -2.20. The Morgan fingerprint density at radius 2 is 2.12 bits per heavy atom. The summed E-state index contributed by atoms with van der Waals surface area (Å²) < 4.78 is 0. The Kier molecular flexibility index (Phi) is 4.03. The van der Waals surface area contributed by atoms with Gasteiger partial charge in [-0.1, -0.05) is 13.8 Å². The maximum atomic E-state index is 11.2. The molecule has 1 rings (SSSR count). The SMILES string of the molecule is CC(C)C(Nc1ccnc(C(=O)O)c1)C(N)=O.